The van der Waals surface area contributed by atoms with E-state index in [1.165, 1.54) is 13.2 Å². The van der Waals surface area contributed by atoms with Crippen LogP contribution >= 0.6 is 0 Å². The number of imidazole rings is 1. The molecule has 0 aliphatic heterocycles. The number of carboxylic acids is 1. The van der Waals surface area contributed by atoms with Crippen molar-refractivity contribution in [3.8, 4) is 11.4 Å². The Labute approximate surface area is 124 Å². The first kappa shape index (κ1) is 13.7. The zero-order chi connectivity index (χ0) is 15.7. The Kier molecular flexibility index (Phi) is 3.30. The molecule has 3 aromatic heterocycles. The van der Waals surface area contributed by atoms with Gasteiger partial charge >= 0.3 is 11.9 Å². The first-order valence-electron chi connectivity index (χ1n) is 6.36. The van der Waals surface area contributed by atoms with Crippen molar-refractivity contribution in [1.29, 1.82) is 0 Å². The van der Waals surface area contributed by atoms with Gasteiger partial charge in [-0.2, -0.15) is 0 Å². The summed E-state index contributed by atoms with van der Waals surface area (Å²) in [5, 5.41) is 9.33. The van der Waals surface area contributed by atoms with Crippen LogP contribution in [0.3, 0.4) is 0 Å². The fourth-order valence-corrected chi connectivity index (χ4v) is 2.19. The number of pyridine rings is 2. The van der Waals surface area contributed by atoms with Crippen LogP contribution in [0.4, 0.5) is 0 Å². The number of esters is 1. The predicted molar refractivity (Wildman–Crippen MR) is 76.7 cm³/mol. The van der Waals surface area contributed by atoms with Crippen molar-refractivity contribution in [2.24, 2.45) is 0 Å². The molecule has 0 unspecified atom stereocenters. The molecule has 0 amide bonds. The highest BCUT2D eigenvalue weighted by Gasteiger charge is 2.19. The number of hydrogen-bond acceptors (Lipinski definition) is 5. The molecule has 0 saturated heterocycles. The third-order valence-corrected chi connectivity index (χ3v) is 3.21. The lowest BCUT2D eigenvalue weighted by molar-refractivity contribution is 0.0599. The van der Waals surface area contributed by atoms with E-state index < -0.39 is 11.9 Å². The largest absolute Gasteiger partial charge is 0.476 e. The molecular formula is C15H11N3O4. The van der Waals surface area contributed by atoms with E-state index in [0.29, 0.717) is 11.3 Å². The minimum absolute atomic E-state index is 0.127. The summed E-state index contributed by atoms with van der Waals surface area (Å²) in [4.78, 5) is 31.1. The highest BCUT2D eigenvalue weighted by Crippen LogP contribution is 2.23. The number of ether oxygens (including phenoxy) is 1. The van der Waals surface area contributed by atoms with Gasteiger partial charge in [-0.3, -0.25) is 9.38 Å². The van der Waals surface area contributed by atoms with Gasteiger partial charge in [-0.15, -0.1) is 0 Å². The lowest BCUT2D eigenvalue weighted by Gasteiger charge is -2.03. The van der Waals surface area contributed by atoms with Crippen LogP contribution in [-0.4, -0.2) is 38.5 Å². The Balaban J connectivity index is 2.28. The third-order valence-electron chi connectivity index (χ3n) is 3.21. The first-order valence-corrected chi connectivity index (χ1v) is 6.36. The van der Waals surface area contributed by atoms with E-state index >= 15 is 0 Å². The van der Waals surface area contributed by atoms with Crippen molar-refractivity contribution in [2.75, 3.05) is 7.11 Å². The molecule has 0 aliphatic rings. The van der Waals surface area contributed by atoms with Crippen LogP contribution in [0.1, 0.15) is 20.8 Å². The molecule has 0 saturated carbocycles. The van der Waals surface area contributed by atoms with Crippen molar-refractivity contribution in [3.63, 3.8) is 0 Å². The van der Waals surface area contributed by atoms with Gasteiger partial charge in [-0.05, 0) is 24.3 Å². The molecule has 0 bridgehead atoms. The molecule has 0 aliphatic carbocycles. The van der Waals surface area contributed by atoms with Crippen molar-refractivity contribution >= 4 is 17.5 Å². The summed E-state index contributed by atoms with van der Waals surface area (Å²) in [5.74, 6) is -1.24. The summed E-state index contributed by atoms with van der Waals surface area (Å²) in [6, 6.07) is 6.47. The summed E-state index contributed by atoms with van der Waals surface area (Å²) < 4.78 is 6.27. The van der Waals surface area contributed by atoms with Gasteiger partial charge in [0.15, 0.2) is 5.69 Å². The zero-order valence-corrected chi connectivity index (χ0v) is 11.6. The van der Waals surface area contributed by atoms with Crippen LogP contribution in [0, 0.1) is 0 Å². The Hall–Kier alpha value is -3.22. The number of aromatic carboxylic acids is 1. The molecule has 3 heterocycles. The van der Waals surface area contributed by atoms with Crippen LogP contribution in [0.5, 0.6) is 0 Å². The number of nitrogens with zero attached hydrogens (tertiary/aromatic N) is 3. The Morgan fingerprint density at radius 1 is 1.23 bits per heavy atom. The van der Waals surface area contributed by atoms with Gasteiger partial charge in [0.1, 0.15) is 5.82 Å². The maximum atomic E-state index is 11.6. The van der Waals surface area contributed by atoms with E-state index in [2.05, 4.69) is 14.7 Å². The Morgan fingerprint density at radius 3 is 2.59 bits per heavy atom. The second kappa shape index (κ2) is 5.28. The molecular weight excluding hydrogens is 286 g/mol. The van der Waals surface area contributed by atoms with E-state index in [9.17, 15) is 14.7 Å². The smallest absolute Gasteiger partial charge is 0.356 e. The molecule has 3 rings (SSSR count). The van der Waals surface area contributed by atoms with Crippen LogP contribution in [-0.2, 0) is 4.74 Å². The normalized spacial score (nSPS) is 10.6. The Morgan fingerprint density at radius 2 is 1.95 bits per heavy atom. The topological polar surface area (TPSA) is 93.8 Å². The van der Waals surface area contributed by atoms with Crippen LogP contribution in [0.25, 0.3) is 16.9 Å². The number of rotatable bonds is 3. The zero-order valence-electron chi connectivity index (χ0n) is 11.6. The van der Waals surface area contributed by atoms with E-state index in [0.717, 1.165) is 5.56 Å². The van der Waals surface area contributed by atoms with Gasteiger partial charge in [-0.25, -0.2) is 14.6 Å². The Bertz CT molecular complexity index is 871. The SMILES string of the molecule is COC(=O)c1ccn2c(-c3ccncc3)nc(C(=O)O)c2c1. The lowest BCUT2D eigenvalue weighted by atomic mass is 10.2. The van der Waals surface area contributed by atoms with E-state index in [1.807, 2.05) is 0 Å². The van der Waals surface area contributed by atoms with Crippen molar-refractivity contribution in [3.05, 3.63) is 54.1 Å². The number of carboxylic acid groups (broad SMARTS) is 1. The summed E-state index contributed by atoms with van der Waals surface area (Å²) in [6.45, 7) is 0. The van der Waals surface area contributed by atoms with Crippen LogP contribution in [0.2, 0.25) is 0 Å². The summed E-state index contributed by atoms with van der Waals surface area (Å²) in [7, 11) is 1.27. The highest BCUT2D eigenvalue weighted by atomic mass is 16.5. The second-order valence-corrected chi connectivity index (χ2v) is 4.49. The van der Waals surface area contributed by atoms with E-state index in [1.54, 1.807) is 41.2 Å². The average Bonchev–Trinajstić information content (AvgIpc) is 2.94. The fraction of sp³-hybridized carbons (Fsp3) is 0.0667. The molecule has 7 nitrogen and oxygen atoms in total. The van der Waals surface area contributed by atoms with E-state index in [4.69, 9.17) is 0 Å². The maximum Gasteiger partial charge on any atom is 0.356 e. The molecule has 110 valence electrons. The van der Waals surface area contributed by atoms with Gasteiger partial charge in [0.2, 0.25) is 0 Å². The minimum atomic E-state index is -1.17. The number of carbonyl (C=O) groups is 2. The van der Waals surface area contributed by atoms with Crippen molar-refractivity contribution < 1.29 is 19.4 Å². The van der Waals surface area contributed by atoms with Crippen molar-refractivity contribution in [1.82, 2.24) is 14.4 Å². The molecule has 0 atom stereocenters. The number of carbonyl (C=O) groups excluding carboxylic acids is 1. The number of aromatic nitrogens is 3. The molecule has 0 spiro atoms. The highest BCUT2D eigenvalue weighted by molar-refractivity contribution is 5.97. The first-order chi connectivity index (χ1) is 10.6. The lowest BCUT2D eigenvalue weighted by Crippen LogP contribution is -2.03. The average molecular weight is 297 g/mol. The third kappa shape index (κ3) is 2.18. The number of hydrogen-bond donors (Lipinski definition) is 1. The summed E-state index contributed by atoms with van der Waals surface area (Å²) >= 11 is 0. The van der Waals surface area contributed by atoms with Crippen LogP contribution in [0.15, 0.2) is 42.9 Å². The molecule has 1 N–H and O–H groups in total. The fourth-order valence-electron chi connectivity index (χ4n) is 2.19. The molecule has 0 fully saturated rings. The molecule has 3 aromatic rings. The quantitative estimate of drug-likeness (QED) is 0.742. The monoisotopic (exact) mass is 297 g/mol. The number of methoxy groups -OCH3 is 1. The summed E-state index contributed by atoms with van der Waals surface area (Å²) in [5.41, 5.74) is 1.18. The van der Waals surface area contributed by atoms with Gasteiger partial charge < -0.3 is 9.84 Å². The van der Waals surface area contributed by atoms with Gasteiger partial charge in [0.25, 0.3) is 0 Å². The van der Waals surface area contributed by atoms with Gasteiger partial charge in [0.05, 0.1) is 18.2 Å². The van der Waals surface area contributed by atoms with Gasteiger partial charge in [0, 0.05) is 24.2 Å². The van der Waals surface area contributed by atoms with Gasteiger partial charge in [-0.1, -0.05) is 0 Å². The van der Waals surface area contributed by atoms with Crippen LogP contribution < -0.4 is 0 Å². The summed E-state index contributed by atoms with van der Waals surface area (Å²) in [6.07, 6.45) is 4.79. The minimum Gasteiger partial charge on any atom is -0.476 e. The maximum absolute atomic E-state index is 11.6. The van der Waals surface area contributed by atoms with Crippen molar-refractivity contribution in [2.45, 2.75) is 0 Å². The standard InChI is InChI=1S/C15H11N3O4/c1-22-15(21)10-4-7-18-11(8-10)12(14(19)20)17-13(18)9-2-5-16-6-3-9/h2-8H,1H3,(H,19,20). The molecule has 22 heavy (non-hydrogen) atoms. The second-order valence-electron chi connectivity index (χ2n) is 4.49. The predicted octanol–water partition coefficient (Wildman–Crippen LogP) is 1.88. The molecule has 0 radical (unpaired) electrons. The van der Waals surface area contributed by atoms with E-state index in [-0.39, 0.29) is 11.3 Å². The number of fused-ring (bicyclic) bond motifs is 1. The molecule has 0 aromatic carbocycles. The molecule has 7 heteroatoms.